The highest BCUT2D eigenvalue weighted by Crippen LogP contribution is 2.22. The summed E-state index contributed by atoms with van der Waals surface area (Å²) in [7, 11) is 0. The van der Waals surface area contributed by atoms with E-state index in [1.807, 2.05) is 13.0 Å². The van der Waals surface area contributed by atoms with E-state index >= 15 is 0 Å². The summed E-state index contributed by atoms with van der Waals surface area (Å²) in [4.78, 5) is 14.2. The lowest BCUT2D eigenvalue weighted by Gasteiger charge is -2.18. The second-order valence-electron chi connectivity index (χ2n) is 6.27. The molecule has 2 aromatic carbocycles. The fourth-order valence-electron chi connectivity index (χ4n) is 2.86. The van der Waals surface area contributed by atoms with Crippen molar-refractivity contribution in [2.45, 2.75) is 19.8 Å². The van der Waals surface area contributed by atoms with Crippen molar-refractivity contribution in [3.05, 3.63) is 58.6 Å². The van der Waals surface area contributed by atoms with Gasteiger partial charge in [-0.25, -0.2) is 5.43 Å². The van der Waals surface area contributed by atoms with Gasteiger partial charge >= 0.3 is 0 Å². The Morgan fingerprint density at radius 2 is 1.96 bits per heavy atom. The summed E-state index contributed by atoms with van der Waals surface area (Å²) in [6.07, 6.45) is 4.17. The van der Waals surface area contributed by atoms with Gasteiger partial charge in [0.25, 0.3) is 5.91 Å². The summed E-state index contributed by atoms with van der Waals surface area (Å²) in [5.74, 6) is 0.268. The Labute approximate surface area is 158 Å². The number of hydrogen-bond acceptors (Lipinski definition) is 4. The van der Waals surface area contributed by atoms with Gasteiger partial charge in [0, 0.05) is 23.8 Å². The van der Waals surface area contributed by atoms with Crippen LogP contribution in [0.3, 0.4) is 0 Å². The van der Waals surface area contributed by atoms with E-state index in [4.69, 9.17) is 16.3 Å². The molecule has 1 saturated heterocycles. The van der Waals surface area contributed by atoms with Crippen molar-refractivity contribution in [3.63, 3.8) is 0 Å². The minimum Gasteiger partial charge on any atom is -0.484 e. The zero-order valence-electron chi connectivity index (χ0n) is 14.7. The van der Waals surface area contributed by atoms with Crippen molar-refractivity contribution in [1.29, 1.82) is 0 Å². The number of aryl methyl sites for hydroxylation is 1. The molecule has 1 aliphatic rings. The molecule has 1 fully saturated rings. The van der Waals surface area contributed by atoms with Crippen molar-refractivity contribution in [1.82, 2.24) is 5.43 Å². The molecule has 1 N–H and O–H groups in total. The van der Waals surface area contributed by atoms with Gasteiger partial charge in [0.05, 0.1) is 6.21 Å². The molecule has 0 aliphatic carbocycles. The van der Waals surface area contributed by atoms with E-state index in [1.54, 1.807) is 30.5 Å². The fraction of sp³-hybridized carbons (Fsp3) is 0.300. The molecule has 0 aromatic heterocycles. The third kappa shape index (κ3) is 4.99. The first-order valence-corrected chi connectivity index (χ1v) is 9.05. The molecule has 0 radical (unpaired) electrons. The first-order valence-electron chi connectivity index (χ1n) is 8.68. The predicted molar refractivity (Wildman–Crippen MR) is 105 cm³/mol. The molecule has 3 rings (SSSR count). The Kier molecular flexibility index (Phi) is 6.12. The second kappa shape index (κ2) is 8.72. The number of amides is 1. The number of ether oxygens (including phenoxy) is 1. The molecule has 2 aromatic rings. The van der Waals surface area contributed by atoms with Crippen molar-refractivity contribution >= 4 is 29.4 Å². The summed E-state index contributed by atoms with van der Waals surface area (Å²) >= 11 is 5.80. The lowest BCUT2D eigenvalue weighted by molar-refractivity contribution is -0.123. The fourth-order valence-corrected chi connectivity index (χ4v) is 2.99. The van der Waals surface area contributed by atoms with Crippen molar-refractivity contribution in [2.75, 3.05) is 24.6 Å². The van der Waals surface area contributed by atoms with Gasteiger partial charge in [-0.05, 0) is 67.3 Å². The van der Waals surface area contributed by atoms with E-state index < -0.39 is 0 Å². The second-order valence-corrected chi connectivity index (χ2v) is 6.71. The highest BCUT2D eigenvalue weighted by molar-refractivity contribution is 6.30. The van der Waals surface area contributed by atoms with Gasteiger partial charge in [0.15, 0.2) is 6.61 Å². The quantitative estimate of drug-likeness (QED) is 0.621. The number of nitrogens with zero attached hydrogens (tertiary/aromatic N) is 2. The number of benzene rings is 2. The van der Waals surface area contributed by atoms with Gasteiger partial charge in [-0.1, -0.05) is 17.7 Å². The topological polar surface area (TPSA) is 53.9 Å². The van der Waals surface area contributed by atoms with Crippen LogP contribution >= 0.6 is 11.6 Å². The average Bonchev–Trinajstić information content (AvgIpc) is 3.17. The van der Waals surface area contributed by atoms with E-state index in [2.05, 4.69) is 27.6 Å². The van der Waals surface area contributed by atoms with Gasteiger partial charge in [-0.2, -0.15) is 5.10 Å². The Morgan fingerprint density at radius 3 is 2.65 bits per heavy atom. The molecule has 6 heteroatoms. The maximum atomic E-state index is 11.8. The molecule has 26 heavy (non-hydrogen) atoms. The summed E-state index contributed by atoms with van der Waals surface area (Å²) < 4.78 is 5.37. The molecular formula is C20H22ClN3O2. The van der Waals surface area contributed by atoms with Crippen LogP contribution in [0.1, 0.15) is 24.0 Å². The van der Waals surface area contributed by atoms with E-state index in [-0.39, 0.29) is 12.5 Å². The number of halogens is 1. The minimum absolute atomic E-state index is 0.105. The predicted octanol–water partition coefficient (Wildman–Crippen LogP) is 3.78. The minimum atomic E-state index is -0.317. The van der Waals surface area contributed by atoms with Crippen LogP contribution in [0.4, 0.5) is 5.69 Å². The van der Waals surface area contributed by atoms with Crippen molar-refractivity contribution in [2.24, 2.45) is 5.10 Å². The molecule has 0 spiro atoms. The van der Waals surface area contributed by atoms with Crippen LogP contribution in [0.25, 0.3) is 0 Å². The molecule has 1 amide bonds. The van der Waals surface area contributed by atoms with Gasteiger partial charge in [0.2, 0.25) is 0 Å². The standard InChI is InChI=1S/C20H22ClN3O2/c1-15-12-18(24-10-2-3-11-24)7-4-16(15)13-22-23-20(25)14-26-19-8-5-17(21)6-9-19/h4-9,12-13H,2-3,10-11,14H2,1H3,(H,23,25)/b22-13-. The number of carbonyl (C=O) groups excluding carboxylic acids is 1. The highest BCUT2D eigenvalue weighted by atomic mass is 35.5. The van der Waals surface area contributed by atoms with Crippen LogP contribution in [0.2, 0.25) is 5.02 Å². The Morgan fingerprint density at radius 1 is 1.23 bits per heavy atom. The van der Waals surface area contributed by atoms with Gasteiger partial charge < -0.3 is 9.64 Å². The SMILES string of the molecule is Cc1cc(N2CCCC2)ccc1/C=N\NC(=O)COc1ccc(Cl)cc1. The van der Waals surface area contributed by atoms with E-state index in [9.17, 15) is 4.79 Å². The van der Waals surface area contributed by atoms with Gasteiger partial charge in [-0.3, -0.25) is 4.79 Å². The molecule has 0 atom stereocenters. The van der Waals surface area contributed by atoms with Gasteiger partial charge in [0.1, 0.15) is 5.75 Å². The lowest BCUT2D eigenvalue weighted by Crippen LogP contribution is -2.24. The molecule has 0 saturated carbocycles. The summed E-state index contributed by atoms with van der Waals surface area (Å²) in [5.41, 5.74) is 5.83. The van der Waals surface area contributed by atoms with Crippen LogP contribution in [-0.4, -0.2) is 31.8 Å². The monoisotopic (exact) mass is 371 g/mol. The number of rotatable bonds is 6. The summed E-state index contributed by atoms with van der Waals surface area (Å²) in [6, 6.07) is 13.1. The van der Waals surface area contributed by atoms with Crippen molar-refractivity contribution < 1.29 is 9.53 Å². The summed E-state index contributed by atoms with van der Waals surface area (Å²) in [6.45, 7) is 4.19. The summed E-state index contributed by atoms with van der Waals surface area (Å²) in [5, 5.41) is 4.64. The van der Waals surface area contributed by atoms with Crippen LogP contribution < -0.4 is 15.1 Å². The molecule has 1 aliphatic heterocycles. The first kappa shape index (κ1) is 18.3. The Bertz CT molecular complexity index is 784. The van der Waals surface area contributed by atoms with Crippen LogP contribution in [0.5, 0.6) is 5.75 Å². The average molecular weight is 372 g/mol. The maximum absolute atomic E-state index is 11.8. The lowest BCUT2D eigenvalue weighted by atomic mass is 10.1. The third-order valence-corrected chi connectivity index (χ3v) is 4.55. The van der Waals surface area contributed by atoms with E-state index in [0.29, 0.717) is 10.8 Å². The molecule has 5 nitrogen and oxygen atoms in total. The maximum Gasteiger partial charge on any atom is 0.277 e. The smallest absolute Gasteiger partial charge is 0.277 e. The Balaban J connectivity index is 1.49. The molecule has 136 valence electrons. The van der Waals surface area contributed by atoms with Crippen LogP contribution in [0, 0.1) is 6.92 Å². The molecule has 0 unspecified atom stereocenters. The first-order chi connectivity index (χ1) is 12.6. The number of anilines is 1. The number of hydrazone groups is 1. The largest absolute Gasteiger partial charge is 0.484 e. The van der Waals surface area contributed by atoms with E-state index in [0.717, 1.165) is 24.2 Å². The Hall–Kier alpha value is -2.53. The molecule has 1 heterocycles. The van der Waals surface area contributed by atoms with Crippen LogP contribution in [0.15, 0.2) is 47.6 Å². The highest BCUT2D eigenvalue weighted by Gasteiger charge is 2.12. The van der Waals surface area contributed by atoms with Gasteiger partial charge in [-0.15, -0.1) is 0 Å². The number of nitrogens with one attached hydrogen (secondary N) is 1. The number of hydrogen-bond donors (Lipinski definition) is 1. The molecule has 0 bridgehead atoms. The zero-order chi connectivity index (χ0) is 18.4. The molecular weight excluding hydrogens is 350 g/mol. The number of carbonyl (C=O) groups is 1. The normalized spacial score (nSPS) is 14.0. The zero-order valence-corrected chi connectivity index (χ0v) is 15.5. The van der Waals surface area contributed by atoms with Crippen LogP contribution in [-0.2, 0) is 4.79 Å². The third-order valence-electron chi connectivity index (χ3n) is 4.30. The van der Waals surface area contributed by atoms with E-state index in [1.165, 1.54) is 18.5 Å². The van der Waals surface area contributed by atoms with Crippen molar-refractivity contribution in [3.8, 4) is 5.75 Å².